The SMILES string of the molecule is CCc1noc(-c2cnc(C)nc2N2CCCC(C(=O)NCc3nc4ccccc4[nH]3)C2)n1. The minimum Gasteiger partial charge on any atom is -0.355 e. The molecule has 1 aromatic carbocycles. The molecule has 0 bridgehead atoms. The van der Waals surface area contributed by atoms with E-state index >= 15 is 0 Å². The van der Waals surface area contributed by atoms with Crippen LogP contribution in [-0.2, 0) is 17.8 Å². The van der Waals surface area contributed by atoms with E-state index in [0.717, 1.165) is 42.1 Å². The molecule has 4 heterocycles. The number of amides is 1. The number of benzene rings is 1. The normalized spacial score (nSPS) is 16.3. The van der Waals surface area contributed by atoms with Gasteiger partial charge in [-0.15, -0.1) is 0 Å². The minimum atomic E-state index is -0.153. The molecule has 4 aromatic rings. The largest absolute Gasteiger partial charge is 0.355 e. The second-order valence-corrected chi connectivity index (χ2v) is 8.23. The summed E-state index contributed by atoms with van der Waals surface area (Å²) in [6.07, 6.45) is 4.11. The molecule has 1 unspecified atom stereocenters. The van der Waals surface area contributed by atoms with Crippen LogP contribution in [0.4, 0.5) is 5.82 Å². The second-order valence-electron chi connectivity index (χ2n) is 8.23. The Labute approximate surface area is 190 Å². The fraction of sp³-hybridized carbons (Fsp3) is 0.391. The molecule has 5 rings (SSSR count). The average Bonchev–Trinajstić information content (AvgIpc) is 3.49. The number of nitrogens with one attached hydrogen (secondary N) is 2. The van der Waals surface area contributed by atoms with Crippen molar-refractivity contribution in [1.82, 2.24) is 35.4 Å². The fourth-order valence-electron chi connectivity index (χ4n) is 4.15. The second kappa shape index (κ2) is 8.97. The third-order valence-electron chi connectivity index (χ3n) is 5.86. The van der Waals surface area contributed by atoms with Crippen molar-refractivity contribution in [2.75, 3.05) is 18.0 Å². The van der Waals surface area contributed by atoms with E-state index in [1.807, 2.05) is 38.1 Å². The smallest absolute Gasteiger partial charge is 0.263 e. The van der Waals surface area contributed by atoms with E-state index < -0.39 is 0 Å². The molecule has 1 saturated heterocycles. The van der Waals surface area contributed by atoms with E-state index in [-0.39, 0.29) is 11.8 Å². The lowest BCUT2D eigenvalue weighted by Crippen LogP contribution is -2.43. The van der Waals surface area contributed by atoms with Gasteiger partial charge < -0.3 is 19.7 Å². The zero-order valence-corrected chi connectivity index (χ0v) is 18.7. The first kappa shape index (κ1) is 21.0. The molecular formula is C23H26N8O2. The van der Waals surface area contributed by atoms with Crippen LogP contribution >= 0.6 is 0 Å². The number of anilines is 1. The Morgan fingerprint density at radius 2 is 2.15 bits per heavy atom. The number of piperidine rings is 1. The molecule has 1 amide bonds. The molecule has 0 aliphatic carbocycles. The van der Waals surface area contributed by atoms with Crippen LogP contribution in [0.5, 0.6) is 0 Å². The molecule has 0 spiro atoms. The van der Waals surface area contributed by atoms with Crippen molar-refractivity contribution in [2.45, 2.75) is 39.7 Å². The van der Waals surface area contributed by atoms with Crippen molar-refractivity contribution in [2.24, 2.45) is 5.92 Å². The number of hydrogen-bond donors (Lipinski definition) is 2. The van der Waals surface area contributed by atoms with Gasteiger partial charge in [-0.3, -0.25) is 4.79 Å². The lowest BCUT2D eigenvalue weighted by molar-refractivity contribution is -0.125. The Hall–Kier alpha value is -3.82. The van der Waals surface area contributed by atoms with Gasteiger partial charge in [0, 0.05) is 25.7 Å². The highest BCUT2D eigenvalue weighted by Crippen LogP contribution is 2.31. The Bertz CT molecular complexity index is 1250. The Balaban J connectivity index is 1.30. The summed E-state index contributed by atoms with van der Waals surface area (Å²) in [6, 6.07) is 7.83. The molecule has 170 valence electrons. The van der Waals surface area contributed by atoms with Gasteiger partial charge in [-0.25, -0.2) is 15.0 Å². The highest BCUT2D eigenvalue weighted by molar-refractivity contribution is 5.80. The number of carbonyl (C=O) groups is 1. The van der Waals surface area contributed by atoms with Crippen molar-refractivity contribution in [3.8, 4) is 11.5 Å². The van der Waals surface area contributed by atoms with E-state index in [4.69, 9.17) is 4.52 Å². The van der Waals surface area contributed by atoms with Crippen LogP contribution in [0, 0.1) is 12.8 Å². The molecular weight excluding hydrogens is 420 g/mol. The zero-order chi connectivity index (χ0) is 22.8. The molecule has 1 aliphatic heterocycles. The summed E-state index contributed by atoms with van der Waals surface area (Å²) in [4.78, 5) is 36.3. The Kier molecular flexibility index (Phi) is 5.72. The third kappa shape index (κ3) is 4.41. The number of fused-ring (bicyclic) bond motifs is 1. The lowest BCUT2D eigenvalue weighted by atomic mass is 9.96. The molecule has 10 heteroatoms. The van der Waals surface area contributed by atoms with Gasteiger partial charge in [0.15, 0.2) is 5.82 Å². The number of imidazole rings is 1. The number of rotatable bonds is 6. The van der Waals surface area contributed by atoms with Gasteiger partial charge in [0.25, 0.3) is 5.89 Å². The van der Waals surface area contributed by atoms with Gasteiger partial charge in [-0.1, -0.05) is 24.2 Å². The van der Waals surface area contributed by atoms with Gasteiger partial charge in [0.2, 0.25) is 5.91 Å². The van der Waals surface area contributed by atoms with Gasteiger partial charge in [0.05, 0.1) is 23.5 Å². The molecule has 0 saturated carbocycles. The number of nitrogens with zero attached hydrogens (tertiary/aromatic N) is 6. The van der Waals surface area contributed by atoms with Crippen LogP contribution in [-0.4, -0.2) is 49.1 Å². The summed E-state index contributed by atoms with van der Waals surface area (Å²) in [5, 5.41) is 7.04. The van der Waals surface area contributed by atoms with Gasteiger partial charge >= 0.3 is 0 Å². The molecule has 3 aromatic heterocycles. The first-order valence-electron chi connectivity index (χ1n) is 11.2. The lowest BCUT2D eigenvalue weighted by Gasteiger charge is -2.33. The van der Waals surface area contributed by atoms with E-state index in [1.54, 1.807) is 6.20 Å². The minimum absolute atomic E-state index is 0.0125. The van der Waals surface area contributed by atoms with Gasteiger partial charge in [-0.05, 0) is 31.9 Å². The molecule has 33 heavy (non-hydrogen) atoms. The first-order valence-corrected chi connectivity index (χ1v) is 11.2. The van der Waals surface area contributed by atoms with Crippen LogP contribution in [0.15, 0.2) is 35.0 Å². The van der Waals surface area contributed by atoms with E-state index in [2.05, 4.69) is 40.3 Å². The Morgan fingerprint density at radius 3 is 2.97 bits per heavy atom. The highest BCUT2D eigenvalue weighted by Gasteiger charge is 2.29. The van der Waals surface area contributed by atoms with Gasteiger partial charge in [0.1, 0.15) is 23.0 Å². The maximum atomic E-state index is 13.0. The van der Waals surface area contributed by atoms with Crippen LogP contribution < -0.4 is 10.2 Å². The first-order chi connectivity index (χ1) is 16.1. The topological polar surface area (TPSA) is 126 Å². The van der Waals surface area contributed by atoms with Crippen LogP contribution in [0.25, 0.3) is 22.5 Å². The standard InChI is InChI=1S/C23H26N8O2/c1-3-19-29-23(33-30-19)16-11-24-14(2)26-21(16)31-10-6-7-15(13-31)22(32)25-12-20-27-17-8-4-5-9-18(17)28-20/h4-5,8-9,11,15H,3,6-7,10,12-13H2,1-2H3,(H,25,32)(H,27,28). The quantitative estimate of drug-likeness (QED) is 0.463. The number of aryl methyl sites for hydroxylation is 2. The van der Waals surface area contributed by atoms with Crippen LogP contribution in [0.2, 0.25) is 0 Å². The summed E-state index contributed by atoms with van der Waals surface area (Å²) in [5.41, 5.74) is 2.55. The highest BCUT2D eigenvalue weighted by atomic mass is 16.5. The van der Waals surface area contributed by atoms with Crippen LogP contribution in [0.3, 0.4) is 0 Å². The van der Waals surface area contributed by atoms with Crippen molar-refractivity contribution >= 4 is 22.8 Å². The molecule has 2 N–H and O–H groups in total. The number of hydrogen-bond acceptors (Lipinski definition) is 8. The molecule has 1 atom stereocenters. The zero-order valence-electron chi connectivity index (χ0n) is 18.7. The van der Waals surface area contributed by atoms with Crippen molar-refractivity contribution in [3.63, 3.8) is 0 Å². The average molecular weight is 447 g/mol. The number of carbonyl (C=O) groups excluding carboxylic acids is 1. The third-order valence-corrected chi connectivity index (χ3v) is 5.86. The van der Waals surface area contributed by atoms with E-state index in [9.17, 15) is 4.79 Å². The summed E-state index contributed by atoms with van der Waals surface area (Å²) < 4.78 is 5.44. The maximum Gasteiger partial charge on any atom is 0.263 e. The molecule has 10 nitrogen and oxygen atoms in total. The molecule has 1 aliphatic rings. The predicted molar refractivity (Wildman–Crippen MR) is 122 cm³/mol. The summed E-state index contributed by atoms with van der Waals surface area (Å²) >= 11 is 0. The maximum absolute atomic E-state index is 13.0. The summed E-state index contributed by atoms with van der Waals surface area (Å²) in [7, 11) is 0. The number of aromatic nitrogens is 6. The number of aromatic amines is 1. The Morgan fingerprint density at radius 1 is 1.27 bits per heavy atom. The van der Waals surface area contributed by atoms with E-state index in [0.29, 0.717) is 42.6 Å². The number of H-pyrrole nitrogens is 1. The summed E-state index contributed by atoms with van der Waals surface area (Å²) in [5.74, 6) is 3.02. The predicted octanol–water partition coefficient (Wildman–Crippen LogP) is 2.81. The number of para-hydroxylation sites is 2. The monoisotopic (exact) mass is 446 g/mol. The molecule has 0 radical (unpaired) electrons. The van der Waals surface area contributed by atoms with Crippen molar-refractivity contribution in [3.05, 3.63) is 47.9 Å². The molecule has 1 fully saturated rings. The van der Waals surface area contributed by atoms with Crippen molar-refractivity contribution < 1.29 is 9.32 Å². The summed E-state index contributed by atoms with van der Waals surface area (Å²) in [6.45, 7) is 5.54. The van der Waals surface area contributed by atoms with Crippen molar-refractivity contribution in [1.29, 1.82) is 0 Å². The van der Waals surface area contributed by atoms with Crippen LogP contribution in [0.1, 0.15) is 37.2 Å². The van der Waals surface area contributed by atoms with E-state index in [1.165, 1.54) is 0 Å². The van der Waals surface area contributed by atoms with Gasteiger partial charge in [-0.2, -0.15) is 4.98 Å². The fourth-order valence-corrected chi connectivity index (χ4v) is 4.15.